The first-order valence-electron chi connectivity index (χ1n) is 11.6. The van der Waals surface area contributed by atoms with Crippen LogP contribution >= 0.6 is 34.8 Å². The molecule has 0 spiro atoms. The van der Waals surface area contributed by atoms with Crippen LogP contribution in [0.4, 0.5) is 4.39 Å². The third-order valence-electron chi connectivity index (χ3n) is 5.27. The third kappa shape index (κ3) is 8.31. The van der Waals surface area contributed by atoms with Gasteiger partial charge in [0.1, 0.15) is 18.2 Å². The highest BCUT2D eigenvalue weighted by Gasteiger charge is 2.20. The minimum atomic E-state index is -1.26. The molecule has 0 saturated heterocycles. The van der Waals surface area contributed by atoms with Crippen molar-refractivity contribution in [3.8, 4) is 17.6 Å². The van der Waals surface area contributed by atoms with Gasteiger partial charge in [-0.15, -0.1) is 0 Å². The van der Waals surface area contributed by atoms with Crippen molar-refractivity contribution in [3.63, 3.8) is 0 Å². The maximum atomic E-state index is 15.4. The SMILES string of the molecule is C[Si](C)(C)CCOCn1cnc(Cl)c1C(=O)NCc1ccc(Cl)c(Oc2cc(Cl)cc(/C=C/C#N)c2)c1F. The second-order valence-corrected chi connectivity index (χ2v) is 16.3. The topological polar surface area (TPSA) is 89.2 Å². The summed E-state index contributed by atoms with van der Waals surface area (Å²) < 4.78 is 28.3. The summed E-state index contributed by atoms with van der Waals surface area (Å²) >= 11 is 18.5. The van der Waals surface area contributed by atoms with Crippen molar-refractivity contribution in [3.05, 3.63) is 80.6 Å². The van der Waals surface area contributed by atoms with E-state index in [1.165, 1.54) is 41.2 Å². The summed E-state index contributed by atoms with van der Waals surface area (Å²) in [4.78, 5) is 16.9. The number of carbonyl (C=O) groups is 1. The summed E-state index contributed by atoms with van der Waals surface area (Å²) in [7, 11) is -1.26. The molecule has 38 heavy (non-hydrogen) atoms. The lowest BCUT2D eigenvalue weighted by atomic mass is 10.1. The summed E-state index contributed by atoms with van der Waals surface area (Å²) in [5.74, 6) is -1.29. The Kier molecular flexibility index (Phi) is 10.4. The van der Waals surface area contributed by atoms with Gasteiger partial charge in [-0.25, -0.2) is 9.37 Å². The summed E-state index contributed by atoms with van der Waals surface area (Å²) in [6.45, 7) is 7.25. The molecule has 0 radical (unpaired) electrons. The summed E-state index contributed by atoms with van der Waals surface area (Å²) in [5.41, 5.74) is 0.840. The van der Waals surface area contributed by atoms with Gasteiger partial charge in [-0.3, -0.25) is 4.79 Å². The Labute approximate surface area is 236 Å². The zero-order valence-electron chi connectivity index (χ0n) is 21.0. The predicted molar refractivity (Wildman–Crippen MR) is 150 cm³/mol. The normalized spacial score (nSPS) is 11.5. The Balaban J connectivity index is 1.72. The molecule has 200 valence electrons. The van der Waals surface area contributed by atoms with Crippen molar-refractivity contribution in [1.82, 2.24) is 14.9 Å². The van der Waals surface area contributed by atoms with Crippen molar-refractivity contribution in [2.75, 3.05) is 6.61 Å². The number of ether oxygens (including phenoxy) is 2. The van der Waals surface area contributed by atoms with E-state index < -0.39 is 19.8 Å². The van der Waals surface area contributed by atoms with Gasteiger partial charge in [0, 0.05) is 37.9 Å². The number of aromatic nitrogens is 2. The van der Waals surface area contributed by atoms with Gasteiger partial charge in [-0.1, -0.05) is 60.5 Å². The van der Waals surface area contributed by atoms with Gasteiger partial charge in [0.25, 0.3) is 5.91 Å². The number of nitriles is 1. The van der Waals surface area contributed by atoms with Crippen molar-refractivity contribution in [2.24, 2.45) is 0 Å². The number of nitrogens with one attached hydrogen (secondary N) is 1. The molecule has 3 aromatic rings. The Morgan fingerprint density at radius 1 is 1.24 bits per heavy atom. The fourth-order valence-electron chi connectivity index (χ4n) is 3.27. The van der Waals surface area contributed by atoms with Crippen LogP contribution in [0, 0.1) is 17.1 Å². The highest BCUT2D eigenvalue weighted by molar-refractivity contribution is 6.76. The molecule has 0 aliphatic rings. The van der Waals surface area contributed by atoms with Gasteiger partial charge in [0.2, 0.25) is 0 Å². The molecular weight excluding hydrogens is 570 g/mol. The molecule has 1 aromatic heterocycles. The third-order valence-corrected chi connectivity index (χ3v) is 7.76. The first-order valence-corrected chi connectivity index (χ1v) is 16.4. The standard InChI is InChI=1S/C26H26Cl3FN4O3Si/c1-38(2,3)10-9-36-16-34-15-33-25(29)23(34)26(35)32-14-18-6-7-21(28)24(22(18)30)37-20-12-17(5-4-8-31)11-19(27)13-20/h4-7,11-13,15H,9-10,14,16H2,1-3H3,(H,32,35)/b5-4+. The highest BCUT2D eigenvalue weighted by Crippen LogP contribution is 2.35. The van der Waals surface area contributed by atoms with E-state index in [1.54, 1.807) is 12.1 Å². The number of imidazole rings is 1. The highest BCUT2D eigenvalue weighted by atomic mass is 35.5. The van der Waals surface area contributed by atoms with E-state index in [0.717, 1.165) is 6.04 Å². The van der Waals surface area contributed by atoms with E-state index in [0.29, 0.717) is 17.2 Å². The van der Waals surface area contributed by atoms with Crippen LogP contribution in [0.2, 0.25) is 40.9 Å². The van der Waals surface area contributed by atoms with Crippen molar-refractivity contribution < 1.29 is 18.7 Å². The second-order valence-electron chi connectivity index (χ2n) is 9.52. The van der Waals surface area contributed by atoms with E-state index in [9.17, 15) is 4.79 Å². The molecule has 0 atom stereocenters. The van der Waals surface area contributed by atoms with Crippen LogP contribution < -0.4 is 10.1 Å². The van der Waals surface area contributed by atoms with E-state index in [2.05, 4.69) is 29.9 Å². The number of rotatable bonds is 11. The number of amides is 1. The number of hydrogen-bond donors (Lipinski definition) is 1. The smallest absolute Gasteiger partial charge is 0.271 e. The first kappa shape index (κ1) is 29.7. The minimum absolute atomic E-state index is 0.0131. The number of halogens is 4. The largest absolute Gasteiger partial charge is 0.453 e. The Morgan fingerprint density at radius 2 is 2.00 bits per heavy atom. The van der Waals surface area contributed by atoms with Crippen LogP contribution in [-0.2, 0) is 18.0 Å². The van der Waals surface area contributed by atoms with Crippen LogP contribution in [0.5, 0.6) is 11.5 Å². The van der Waals surface area contributed by atoms with Crippen LogP contribution in [0.1, 0.15) is 21.6 Å². The van der Waals surface area contributed by atoms with Crippen LogP contribution in [0.25, 0.3) is 6.08 Å². The van der Waals surface area contributed by atoms with Gasteiger partial charge in [0.05, 0.1) is 17.4 Å². The zero-order chi connectivity index (χ0) is 27.9. The van der Waals surface area contributed by atoms with Gasteiger partial charge in [-0.05, 0) is 41.9 Å². The van der Waals surface area contributed by atoms with Gasteiger partial charge in [0.15, 0.2) is 16.7 Å². The Morgan fingerprint density at radius 3 is 2.71 bits per heavy atom. The van der Waals surface area contributed by atoms with Crippen molar-refractivity contribution >= 4 is 54.9 Å². The zero-order valence-corrected chi connectivity index (χ0v) is 24.3. The molecule has 1 heterocycles. The summed E-state index contributed by atoms with van der Waals surface area (Å²) in [5, 5.41) is 11.8. The quantitative estimate of drug-likeness (QED) is 0.140. The summed E-state index contributed by atoms with van der Waals surface area (Å²) in [6.07, 6.45) is 4.24. The van der Waals surface area contributed by atoms with Crippen LogP contribution in [-0.4, -0.2) is 30.1 Å². The molecule has 0 fully saturated rings. The molecule has 7 nitrogen and oxygen atoms in total. The molecule has 0 saturated carbocycles. The molecule has 0 bridgehead atoms. The monoisotopic (exact) mass is 594 g/mol. The molecule has 3 rings (SSSR count). The maximum absolute atomic E-state index is 15.4. The predicted octanol–water partition coefficient (Wildman–Crippen LogP) is 7.55. The van der Waals surface area contributed by atoms with Crippen LogP contribution in [0.15, 0.2) is 42.7 Å². The molecule has 2 aromatic carbocycles. The van der Waals surface area contributed by atoms with E-state index >= 15 is 4.39 Å². The van der Waals surface area contributed by atoms with E-state index in [-0.39, 0.29) is 46.2 Å². The number of nitrogens with zero attached hydrogens (tertiary/aromatic N) is 3. The van der Waals surface area contributed by atoms with Gasteiger partial charge < -0.3 is 19.4 Å². The van der Waals surface area contributed by atoms with Gasteiger partial charge >= 0.3 is 0 Å². The molecular formula is C26H26Cl3FN4O3Si. The van der Waals surface area contributed by atoms with E-state index in [1.807, 2.05) is 6.07 Å². The fourth-order valence-corrected chi connectivity index (χ4v) is 4.69. The van der Waals surface area contributed by atoms with Crippen LogP contribution in [0.3, 0.4) is 0 Å². The molecule has 1 amide bonds. The summed E-state index contributed by atoms with van der Waals surface area (Å²) in [6, 6.07) is 10.5. The number of hydrogen-bond acceptors (Lipinski definition) is 5. The molecule has 1 N–H and O–H groups in total. The lowest BCUT2D eigenvalue weighted by molar-refractivity contribution is 0.0789. The molecule has 0 aliphatic heterocycles. The van der Waals surface area contributed by atoms with E-state index in [4.69, 9.17) is 49.5 Å². The lowest BCUT2D eigenvalue weighted by Crippen LogP contribution is -2.27. The average Bonchev–Trinajstić information content (AvgIpc) is 3.21. The Bertz CT molecular complexity index is 1380. The molecule has 12 heteroatoms. The Hall–Kier alpha value is -2.87. The lowest BCUT2D eigenvalue weighted by Gasteiger charge is -2.16. The fraction of sp³-hybridized carbons (Fsp3) is 0.269. The maximum Gasteiger partial charge on any atom is 0.271 e. The second kappa shape index (κ2) is 13.3. The van der Waals surface area contributed by atoms with Crippen molar-refractivity contribution in [2.45, 2.75) is 39.0 Å². The van der Waals surface area contributed by atoms with Gasteiger partial charge in [-0.2, -0.15) is 5.26 Å². The van der Waals surface area contributed by atoms with Crippen molar-refractivity contribution in [1.29, 1.82) is 5.26 Å². The number of carbonyl (C=O) groups excluding carboxylic acids is 1. The molecule has 0 unspecified atom stereocenters. The minimum Gasteiger partial charge on any atom is -0.453 e. The molecule has 0 aliphatic carbocycles. The number of benzene rings is 2. The first-order chi connectivity index (χ1) is 18.0. The number of allylic oxidation sites excluding steroid dienone is 1. The average molecular weight is 596 g/mol.